The van der Waals surface area contributed by atoms with Crippen molar-refractivity contribution in [2.24, 2.45) is 0 Å². The molecule has 1 aromatic heterocycles. The van der Waals surface area contributed by atoms with Crippen molar-refractivity contribution in [1.29, 1.82) is 0 Å². The molecule has 1 atom stereocenters. The summed E-state index contributed by atoms with van der Waals surface area (Å²) in [7, 11) is 0. The second-order valence-electron chi connectivity index (χ2n) is 10.6. The van der Waals surface area contributed by atoms with Gasteiger partial charge < -0.3 is 10.6 Å². The number of nitrogens with zero attached hydrogens (tertiary/aromatic N) is 1. The molecule has 0 bridgehead atoms. The number of anilines is 1. The van der Waals surface area contributed by atoms with Gasteiger partial charge in [-0.3, -0.25) is 9.59 Å². The van der Waals surface area contributed by atoms with Crippen molar-refractivity contribution in [3.05, 3.63) is 131 Å². The number of hydrogen-bond donors (Lipinski definition) is 2. The van der Waals surface area contributed by atoms with Crippen LogP contribution in [0, 0.1) is 0 Å². The van der Waals surface area contributed by atoms with Gasteiger partial charge in [-0.1, -0.05) is 86.8 Å². The molecule has 0 fully saturated rings. The van der Waals surface area contributed by atoms with Crippen molar-refractivity contribution >= 4 is 28.5 Å². The number of unbranched alkanes of at least 4 members (excludes halogenated alkanes) is 2. The van der Waals surface area contributed by atoms with Gasteiger partial charge in [0, 0.05) is 16.5 Å². The monoisotopic (exact) mass is 595 g/mol. The molecule has 44 heavy (non-hydrogen) atoms. The minimum absolute atomic E-state index is 0.0906. The zero-order chi connectivity index (χ0) is 31.1. The highest BCUT2D eigenvalue weighted by molar-refractivity contribution is 6.08. The highest BCUT2D eigenvalue weighted by Crippen LogP contribution is 2.32. The third kappa shape index (κ3) is 7.32. The van der Waals surface area contributed by atoms with E-state index in [1.165, 1.54) is 12.1 Å². The number of pyridine rings is 1. The molecule has 4 aromatic carbocycles. The van der Waals surface area contributed by atoms with E-state index in [2.05, 4.69) is 22.5 Å². The summed E-state index contributed by atoms with van der Waals surface area (Å²) in [6, 6.07) is 29.9. The van der Waals surface area contributed by atoms with Crippen LogP contribution in [0.25, 0.3) is 22.0 Å². The van der Waals surface area contributed by atoms with E-state index >= 15 is 0 Å². The Morgan fingerprint density at radius 1 is 0.795 bits per heavy atom. The summed E-state index contributed by atoms with van der Waals surface area (Å²) in [5, 5.41) is 6.72. The van der Waals surface area contributed by atoms with E-state index in [0.717, 1.165) is 48.8 Å². The standard InChI is InChI=1S/C36H32F3N3O2/c1-2-3-5-14-31(25-10-6-4-7-11-25)41-34(43)27-17-21-32-26(23-27)18-22-33(40-32)42-35(44)30-13-9-8-12-29(30)24-15-19-28(20-16-24)36(37,38)39/h4,6-13,15-23,31H,2-3,5,14H2,1H3,(H,41,43)(H,40,42,44). The SMILES string of the molecule is CCCCCC(NC(=O)c1ccc2nc(NC(=O)c3ccccc3-c3ccc(C(F)(F)F)cc3)ccc2c1)c1ccccc1. The Hall–Kier alpha value is -4.98. The molecule has 0 saturated heterocycles. The van der Waals surface area contributed by atoms with Crippen molar-refractivity contribution in [2.45, 2.75) is 44.8 Å². The summed E-state index contributed by atoms with van der Waals surface area (Å²) >= 11 is 0. The van der Waals surface area contributed by atoms with Gasteiger partial charge in [-0.05, 0) is 71.6 Å². The average molecular weight is 596 g/mol. The molecule has 0 aliphatic carbocycles. The third-order valence-corrected chi connectivity index (χ3v) is 7.49. The van der Waals surface area contributed by atoms with Crippen LogP contribution in [-0.4, -0.2) is 16.8 Å². The first-order chi connectivity index (χ1) is 21.2. The number of fused-ring (bicyclic) bond motifs is 1. The van der Waals surface area contributed by atoms with Crippen molar-refractivity contribution < 1.29 is 22.8 Å². The fraction of sp³-hybridized carbons (Fsp3) is 0.194. The largest absolute Gasteiger partial charge is 0.416 e. The molecule has 8 heteroatoms. The van der Waals surface area contributed by atoms with Crippen molar-refractivity contribution in [3.63, 3.8) is 0 Å². The molecule has 0 radical (unpaired) electrons. The van der Waals surface area contributed by atoms with E-state index in [9.17, 15) is 22.8 Å². The molecule has 0 saturated carbocycles. The minimum atomic E-state index is -4.44. The average Bonchev–Trinajstić information content (AvgIpc) is 3.04. The van der Waals surface area contributed by atoms with Crippen LogP contribution in [0.2, 0.25) is 0 Å². The molecular weight excluding hydrogens is 563 g/mol. The fourth-order valence-corrected chi connectivity index (χ4v) is 5.14. The Morgan fingerprint density at radius 2 is 1.52 bits per heavy atom. The molecule has 2 N–H and O–H groups in total. The number of carbonyl (C=O) groups is 2. The first-order valence-corrected chi connectivity index (χ1v) is 14.6. The summed E-state index contributed by atoms with van der Waals surface area (Å²) in [6.45, 7) is 2.15. The van der Waals surface area contributed by atoms with Gasteiger partial charge in [-0.25, -0.2) is 4.98 Å². The number of benzene rings is 4. The summed E-state index contributed by atoms with van der Waals surface area (Å²) in [6.07, 6.45) is -0.382. The van der Waals surface area contributed by atoms with Crippen molar-refractivity contribution in [1.82, 2.24) is 10.3 Å². The minimum Gasteiger partial charge on any atom is -0.345 e. The van der Waals surface area contributed by atoms with E-state index in [1.807, 2.05) is 30.3 Å². The van der Waals surface area contributed by atoms with Crippen LogP contribution in [0.4, 0.5) is 19.0 Å². The van der Waals surface area contributed by atoms with E-state index in [1.54, 1.807) is 54.6 Å². The molecule has 0 aliphatic heterocycles. The zero-order valence-electron chi connectivity index (χ0n) is 24.2. The Bertz CT molecular complexity index is 1750. The van der Waals surface area contributed by atoms with Gasteiger partial charge in [0.05, 0.1) is 17.1 Å². The maximum Gasteiger partial charge on any atom is 0.416 e. The number of alkyl halides is 3. The van der Waals surface area contributed by atoms with Crippen LogP contribution >= 0.6 is 0 Å². The second kappa shape index (κ2) is 13.5. The maximum absolute atomic E-state index is 13.2. The number of halogens is 3. The lowest BCUT2D eigenvalue weighted by molar-refractivity contribution is -0.137. The molecule has 5 nitrogen and oxygen atoms in total. The van der Waals surface area contributed by atoms with Crippen molar-refractivity contribution in [3.8, 4) is 11.1 Å². The van der Waals surface area contributed by atoms with Gasteiger partial charge in [0.25, 0.3) is 11.8 Å². The predicted octanol–water partition coefficient (Wildman–Crippen LogP) is 9.22. The normalized spacial score (nSPS) is 12.1. The topological polar surface area (TPSA) is 71.1 Å². The van der Waals surface area contributed by atoms with E-state index in [4.69, 9.17) is 0 Å². The smallest absolute Gasteiger partial charge is 0.345 e. The number of hydrogen-bond acceptors (Lipinski definition) is 3. The molecular formula is C36H32F3N3O2. The first-order valence-electron chi connectivity index (χ1n) is 14.6. The van der Waals surface area contributed by atoms with E-state index in [0.29, 0.717) is 33.6 Å². The van der Waals surface area contributed by atoms with Gasteiger partial charge in [-0.15, -0.1) is 0 Å². The van der Waals surface area contributed by atoms with Gasteiger partial charge in [-0.2, -0.15) is 13.2 Å². The summed E-state index contributed by atoms with van der Waals surface area (Å²) in [5.74, 6) is -0.310. The Kier molecular flexibility index (Phi) is 9.38. The molecule has 5 aromatic rings. The number of carbonyl (C=O) groups excluding carboxylic acids is 2. The van der Waals surface area contributed by atoms with E-state index < -0.39 is 17.6 Å². The van der Waals surface area contributed by atoms with Crippen LogP contribution in [-0.2, 0) is 6.18 Å². The van der Waals surface area contributed by atoms with Crippen LogP contribution in [0.1, 0.15) is 70.5 Å². The second-order valence-corrected chi connectivity index (χ2v) is 10.6. The van der Waals surface area contributed by atoms with Crippen molar-refractivity contribution in [2.75, 3.05) is 5.32 Å². The Morgan fingerprint density at radius 3 is 2.25 bits per heavy atom. The molecule has 224 valence electrons. The highest BCUT2D eigenvalue weighted by Gasteiger charge is 2.30. The molecule has 2 amide bonds. The molecule has 5 rings (SSSR count). The van der Waals surface area contributed by atoms with Gasteiger partial charge in [0.2, 0.25) is 0 Å². The predicted molar refractivity (Wildman–Crippen MR) is 167 cm³/mol. The number of nitrogens with one attached hydrogen (secondary N) is 2. The van der Waals surface area contributed by atoms with Crippen LogP contribution in [0.3, 0.4) is 0 Å². The maximum atomic E-state index is 13.2. The first kappa shape index (κ1) is 30.5. The lowest BCUT2D eigenvalue weighted by atomic mass is 9.98. The molecule has 0 spiro atoms. The third-order valence-electron chi connectivity index (χ3n) is 7.49. The molecule has 1 heterocycles. The highest BCUT2D eigenvalue weighted by atomic mass is 19.4. The van der Waals surface area contributed by atoms with E-state index in [-0.39, 0.29) is 11.9 Å². The lowest BCUT2D eigenvalue weighted by Crippen LogP contribution is -2.28. The zero-order valence-corrected chi connectivity index (χ0v) is 24.2. The fourth-order valence-electron chi connectivity index (χ4n) is 5.14. The number of rotatable bonds is 10. The van der Waals surface area contributed by atoms with Crippen LogP contribution in [0.15, 0.2) is 109 Å². The summed E-state index contributed by atoms with van der Waals surface area (Å²) in [5.41, 5.74) is 2.70. The van der Waals surface area contributed by atoms with Crippen LogP contribution in [0.5, 0.6) is 0 Å². The molecule has 0 aliphatic rings. The summed E-state index contributed by atoms with van der Waals surface area (Å²) in [4.78, 5) is 31.0. The van der Waals surface area contributed by atoms with Crippen LogP contribution < -0.4 is 10.6 Å². The van der Waals surface area contributed by atoms with Gasteiger partial charge >= 0.3 is 6.18 Å². The van der Waals surface area contributed by atoms with Gasteiger partial charge in [0.1, 0.15) is 5.82 Å². The lowest BCUT2D eigenvalue weighted by Gasteiger charge is -2.19. The molecule has 1 unspecified atom stereocenters. The van der Waals surface area contributed by atoms with Gasteiger partial charge in [0.15, 0.2) is 0 Å². The Balaban J connectivity index is 1.31. The summed E-state index contributed by atoms with van der Waals surface area (Å²) < 4.78 is 39.1. The quantitative estimate of drug-likeness (QED) is 0.158. The number of aromatic nitrogens is 1. The Labute approximate surface area is 254 Å². The number of amides is 2.